The third-order valence-corrected chi connectivity index (χ3v) is 7.79. The number of unbranched alkanes of at least 4 members (excludes halogenated alkanes) is 2. The molecule has 39 heavy (non-hydrogen) atoms. The molecule has 1 fully saturated rings. The van der Waals surface area contributed by atoms with E-state index in [1.54, 1.807) is 30.5 Å². The number of rotatable bonds is 10. The van der Waals surface area contributed by atoms with Crippen molar-refractivity contribution in [3.8, 4) is 0 Å². The van der Waals surface area contributed by atoms with Gasteiger partial charge in [0.2, 0.25) is 5.91 Å². The van der Waals surface area contributed by atoms with Crippen molar-refractivity contribution in [2.24, 2.45) is 0 Å². The summed E-state index contributed by atoms with van der Waals surface area (Å²) in [6.07, 6.45) is 0.675. The van der Waals surface area contributed by atoms with Crippen LogP contribution in [0.5, 0.6) is 0 Å². The fourth-order valence-corrected chi connectivity index (χ4v) is 5.68. The van der Waals surface area contributed by atoms with Crippen molar-refractivity contribution in [1.82, 2.24) is 14.9 Å². The van der Waals surface area contributed by atoms with Crippen LogP contribution < -0.4 is 11.1 Å². The Kier molecular flexibility index (Phi) is 9.26. The Labute approximate surface area is 227 Å². The van der Waals surface area contributed by atoms with Crippen molar-refractivity contribution in [2.75, 3.05) is 18.4 Å². The molecule has 3 heterocycles. The summed E-state index contributed by atoms with van der Waals surface area (Å²) < 4.78 is 43.9. The van der Waals surface area contributed by atoms with Crippen molar-refractivity contribution >= 4 is 39.9 Å². The SMILES string of the molecule is CC/C=C(\CCCCCC(=O)N1CCC(c2nc(C(=O)Nc3ccc4[nH]c(=O)oc4c3)cs2)CC1)C(F)(F)F. The number of nitrogens with zero attached hydrogens (tertiary/aromatic N) is 2. The molecule has 0 bridgehead atoms. The summed E-state index contributed by atoms with van der Waals surface area (Å²) >= 11 is 1.41. The van der Waals surface area contributed by atoms with E-state index in [2.05, 4.69) is 15.3 Å². The minimum absolute atomic E-state index is 0.00896. The Bertz CT molecular complexity index is 1380. The molecule has 0 unspecified atom stereocenters. The van der Waals surface area contributed by atoms with E-state index in [9.17, 15) is 27.6 Å². The van der Waals surface area contributed by atoms with Crippen LogP contribution in [0, 0.1) is 0 Å². The molecule has 0 atom stereocenters. The van der Waals surface area contributed by atoms with E-state index in [0.29, 0.717) is 67.7 Å². The van der Waals surface area contributed by atoms with Crippen molar-refractivity contribution < 1.29 is 27.2 Å². The number of hydrogen-bond donors (Lipinski definition) is 2. The molecule has 210 valence electrons. The Morgan fingerprint density at radius 3 is 2.67 bits per heavy atom. The number of oxazole rings is 1. The average Bonchev–Trinajstić information content (AvgIpc) is 3.53. The zero-order chi connectivity index (χ0) is 28.0. The van der Waals surface area contributed by atoms with Crippen LogP contribution in [-0.2, 0) is 4.79 Å². The molecule has 0 saturated carbocycles. The first-order chi connectivity index (χ1) is 18.6. The number of piperidine rings is 1. The van der Waals surface area contributed by atoms with E-state index in [4.69, 9.17) is 4.42 Å². The van der Waals surface area contributed by atoms with Gasteiger partial charge in [-0.3, -0.25) is 14.6 Å². The Morgan fingerprint density at radius 1 is 1.21 bits per heavy atom. The minimum atomic E-state index is -4.28. The van der Waals surface area contributed by atoms with Crippen LogP contribution in [0.2, 0.25) is 0 Å². The second-order valence-electron chi connectivity index (χ2n) is 9.60. The van der Waals surface area contributed by atoms with Crippen molar-refractivity contribution in [1.29, 1.82) is 0 Å². The number of carbonyl (C=O) groups excluding carboxylic acids is 2. The molecule has 2 aromatic heterocycles. The van der Waals surface area contributed by atoms with E-state index >= 15 is 0 Å². The van der Waals surface area contributed by atoms with E-state index in [1.807, 2.05) is 4.90 Å². The molecule has 0 spiro atoms. The van der Waals surface area contributed by atoms with E-state index in [0.717, 1.165) is 17.8 Å². The number of allylic oxidation sites excluding steroid dienone is 2. The van der Waals surface area contributed by atoms with Crippen molar-refractivity contribution in [3.63, 3.8) is 0 Å². The fourth-order valence-electron chi connectivity index (χ4n) is 4.71. The lowest BCUT2D eigenvalue weighted by atomic mass is 9.97. The van der Waals surface area contributed by atoms with Crippen molar-refractivity contribution in [2.45, 2.75) is 70.4 Å². The summed E-state index contributed by atoms with van der Waals surface area (Å²) in [6.45, 7) is 2.86. The number of anilines is 1. The van der Waals surface area contributed by atoms with Crippen LogP contribution in [0.4, 0.5) is 18.9 Å². The minimum Gasteiger partial charge on any atom is -0.408 e. The van der Waals surface area contributed by atoms with Gasteiger partial charge in [0.15, 0.2) is 5.58 Å². The number of aromatic amines is 1. The molecule has 0 radical (unpaired) electrons. The van der Waals surface area contributed by atoms with Gasteiger partial charge >= 0.3 is 11.9 Å². The first kappa shape index (κ1) is 28.6. The van der Waals surface area contributed by atoms with Crippen LogP contribution in [0.3, 0.4) is 0 Å². The van der Waals surface area contributed by atoms with Gasteiger partial charge in [-0.05, 0) is 50.7 Å². The maximum absolute atomic E-state index is 13.0. The molecule has 8 nitrogen and oxygen atoms in total. The quantitative estimate of drug-likeness (QED) is 0.219. The fraction of sp³-hybridized carbons (Fsp3) is 0.481. The second-order valence-corrected chi connectivity index (χ2v) is 10.5. The number of benzene rings is 1. The highest BCUT2D eigenvalue weighted by Gasteiger charge is 2.32. The number of thiazole rings is 1. The van der Waals surface area contributed by atoms with Gasteiger partial charge in [0.25, 0.3) is 5.91 Å². The van der Waals surface area contributed by atoms with Gasteiger partial charge in [-0.1, -0.05) is 19.4 Å². The van der Waals surface area contributed by atoms with Gasteiger partial charge in [-0.25, -0.2) is 9.78 Å². The van der Waals surface area contributed by atoms with Crippen LogP contribution in [0.15, 0.2) is 44.4 Å². The summed E-state index contributed by atoms with van der Waals surface area (Å²) in [4.78, 5) is 45.5. The molecule has 1 aliphatic rings. The third-order valence-electron chi connectivity index (χ3n) is 6.78. The van der Waals surface area contributed by atoms with Crippen LogP contribution in [-0.4, -0.2) is 45.9 Å². The highest BCUT2D eigenvalue weighted by Crippen LogP contribution is 2.32. The molecule has 4 rings (SSSR count). The summed E-state index contributed by atoms with van der Waals surface area (Å²) in [5.74, 6) is -0.751. The molecular formula is C27H31F3N4O4S. The van der Waals surface area contributed by atoms with Gasteiger partial charge in [-0.15, -0.1) is 11.3 Å². The number of halogens is 3. The molecule has 12 heteroatoms. The number of aromatic nitrogens is 2. The Balaban J connectivity index is 1.20. The summed E-state index contributed by atoms with van der Waals surface area (Å²) in [6, 6.07) is 4.87. The first-order valence-electron chi connectivity index (χ1n) is 13.1. The highest BCUT2D eigenvalue weighted by atomic mass is 32.1. The van der Waals surface area contributed by atoms with Gasteiger partial charge in [0.05, 0.1) is 10.5 Å². The molecular weight excluding hydrogens is 533 g/mol. The van der Waals surface area contributed by atoms with E-state index in [-0.39, 0.29) is 24.2 Å². The number of fused-ring (bicyclic) bond motifs is 1. The van der Waals surface area contributed by atoms with Crippen LogP contribution >= 0.6 is 11.3 Å². The average molecular weight is 565 g/mol. The lowest BCUT2D eigenvalue weighted by Crippen LogP contribution is -2.37. The predicted octanol–water partition coefficient (Wildman–Crippen LogP) is 6.39. The maximum atomic E-state index is 13.0. The molecule has 3 aromatic rings. The van der Waals surface area contributed by atoms with Gasteiger partial charge in [-0.2, -0.15) is 13.2 Å². The third kappa shape index (κ3) is 7.59. The number of hydrogen-bond acceptors (Lipinski definition) is 6. The Hall–Kier alpha value is -3.41. The highest BCUT2D eigenvalue weighted by molar-refractivity contribution is 7.10. The molecule has 1 aliphatic heterocycles. The molecule has 1 saturated heterocycles. The van der Waals surface area contributed by atoms with Crippen LogP contribution in [0.25, 0.3) is 11.1 Å². The number of H-pyrrole nitrogens is 1. The summed E-state index contributed by atoms with van der Waals surface area (Å²) in [5.41, 5.74) is 1.19. The standard InChI is InChI=1S/C27H31F3N4O4S/c1-2-6-18(27(28,29)30)7-4-3-5-8-23(35)34-13-11-17(12-14-34)25-32-21(16-39-25)24(36)31-19-9-10-20-22(15-19)38-26(37)33-20/h6,9-10,15-17H,2-5,7-8,11-14H2,1H3,(H,31,36)(H,33,37)/b18-6+. The smallest absolute Gasteiger partial charge is 0.408 e. The van der Waals surface area contributed by atoms with Gasteiger partial charge < -0.3 is 14.6 Å². The number of likely N-dealkylation sites (tertiary alicyclic amines) is 1. The molecule has 2 amide bonds. The van der Waals surface area contributed by atoms with Crippen LogP contribution in [0.1, 0.15) is 79.7 Å². The number of amides is 2. The second kappa shape index (κ2) is 12.6. The predicted molar refractivity (Wildman–Crippen MR) is 143 cm³/mol. The number of alkyl halides is 3. The number of carbonyl (C=O) groups is 2. The first-order valence-corrected chi connectivity index (χ1v) is 14.0. The van der Waals surface area contributed by atoms with Gasteiger partial charge in [0.1, 0.15) is 5.69 Å². The van der Waals surface area contributed by atoms with Gasteiger partial charge in [0, 0.05) is 48.1 Å². The van der Waals surface area contributed by atoms with E-state index in [1.165, 1.54) is 17.4 Å². The summed E-state index contributed by atoms with van der Waals surface area (Å²) in [7, 11) is 0. The largest absolute Gasteiger partial charge is 0.417 e. The normalized spacial score (nSPS) is 15.2. The topological polar surface area (TPSA) is 108 Å². The molecule has 1 aromatic carbocycles. The molecule has 0 aliphatic carbocycles. The van der Waals surface area contributed by atoms with Crippen molar-refractivity contribution in [3.05, 3.63) is 56.5 Å². The monoisotopic (exact) mass is 564 g/mol. The molecule has 2 N–H and O–H groups in total. The maximum Gasteiger partial charge on any atom is 0.417 e. The Morgan fingerprint density at radius 2 is 1.95 bits per heavy atom. The zero-order valence-electron chi connectivity index (χ0n) is 21.6. The summed E-state index contributed by atoms with van der Waals surface area (Å²) in [5, 5.41) is 5.32. The lowest BCUT2D eigenvalue weighted by Gasteiger charge is -2.31. The van der Waals surface area contributed by atoms with E-state index < -0.39 is 17.5 Å². The zero-order valence-corrected chi connectivity index (χ0v) is 22.4. The lowest BCUT2D eigenvalue weighted by molar-refractivity contribution is -0.132. The number of nitrogens with one attached hydrogen (secondary N) is 2.